The number of rotatable bonds is 7. The van der Waals surface area contributed by atoms with E-state index in [-0.39, 0.29) is 37.3 Å². The highest BCUT2D eigenvalue weighted by atomic mass is 19.1. The number of carbonyl (C=O) groups excluding carboxylic acids is 2. The second-order valence-electron chi connectivity index (χ2n) is 9.22. The van der Waals surface area contributed by atoms with Gasteiger partial charge in [0, 0.05) is 29.5 Å². The van der Waals surface area contributed by atoms with Crippen molar-refractivity contribution in [2.45, 2.75) is 56.3 Å². The van der Waals surface area contributed by atoms with Gasteiger partial charge in [-0.25, -0.2) is 4.39 Å². The zero-order valence-corrected chi connectivity index (χ0v) is 18.9. The van der Waals surface area contributed by atoms with E-state index in [0.717, 1.165) is 24.0 Å². The average Bonchev–Trinajstić information content (AvgIpc) is 3.39. The highest BCUT2D eigenvalue weighted by Gasteiger charge is 2.41. The molecule has 3 aromatic rings. The Bertz CT molecular complexity index is 1250. The van der Waals surface area contributed by atoms with Crippen LogP contribution in [0.5, 0.6) is 0 Å². The normalized spacial score (nSPS) is 24.9. The number of nitrogens with two attached hydrogens (primary N) is 2. The van der Waals surface area contributed by atoms with E-state index in [9.17, 15) is 19.1 Å². The smallest absolute Gasteiger partial charge is 0.269 e. The molecule has 2 aromatic heterocycles. The summed E-state index contributed by atoms with van der Waals surface area (Å²) in [5.41, 5.74) is 13.5. The van der Waals surface area contributed by atoms with Crippen LogP contribution in [0.25, 0.3) is 22.0 Å². The van der Waals surface area contributed by atoms with E-state index in [2.05, 4.69) is 20.6 Å². The largest absolute Gasteiger partial charge is 0.376 e. The molecular formula is C23H27FN8O3. The van der Waals surface area contributed by atoms with E-state index in [1.807, 2.05) is 6.07 Å². The molecule has 0 bridgehead atoms. The first-order valence-corrected chi connectivity index (χ1v) is 11.5. The number of nitrogens with zero attached hydrogens (tertiary/aromatic N) is 5. The fourth-order valence-corrected chi connectivity index (χ4v) is 4.89. The summed E-state index contributed by atoms with van der Waals surface area (Å²) in [6.07, 6.45) is 2.34. The van der Waals surface area contributed by atoms with Gasteiger partial charge in [0.25, 0.3) is 5.91 Å². The van der Waals surface area contributed by atoms with Crippen molar-refractivity contribution in [1.29, 1.82) is 0 Å². The van der Waals surface area contributed by atoms with Crippen LogP contribution in [0.4, 0.5) is 4.39 Å². The van der Waals surface area contributed by atoms with Crippen molar-refractivity contribution in [3.63, 3.8) is 0 Å². The summed E-state index contributed by atoms with van der Waals surface area (Å²) >= 11 is 0. The number of carbonyl (C=O) groups is 2. The second kappa shape index (κ2) is 9.29. The van der Waals surface area contributed by atoms with Crippen LogP contribution >= 0.6 is 0 Å². The van der Waals surface area contributed by atoms with Crippen molar-refractivity contribution in [2.24, 2.45) is 11.5 Å². The lowest BCUT2D eigenvalue weighted by atomic mass is 9.87. The Balaban J connectivity index is 1.39. The number of aliphatic hydroxyl groups is 1. The van der Waals surface area contributed by atoms with E-state index in [4.69, 9.17) is 11.5 Å². The SMILES string of the molecule is NC(=O)c1nn(CC(=O)N2CC(F)CC2C(O)NC2CC(N)C2)c2ccc(-c3ccnnc3)cc12. The average molecular weight is 483 g/mol. The fraction of sp³-hybridized carbons (Fsp3) is 0.435. The predicted octanol–water partition coefficient (Wildman–Crippen LogP) is -0.0711. The zero-order valence-electron chi connectivity index (χ0n) is 18.9. The topological polar surface area (TPSA) is 165 Å². The molecule has 35 heavy (non-hydrogen) atoms. The Morgan fingerprint density at radius 1 is 1.20 bits per heavy atom. The lowest BCUT2D eigenvalue weighted by Gasteiger charge is -2.37. The van der Waals surface area contributed by atoms with E-state index >= 15 is 0 Å². The summed E-state index contributed by atoms with van der Waals surface area (Å²) in [4.78, 5) is 26.6. The number of fused-ring (bicyclic) bond motifs is 1. The quantitative estimate of drug-likeness (QED) is 0.340. The Labute approximate surface area is 200 Å². The number of amides is 2. The van der Waals surface area contributed by atoms with E-state index < -0.39 is 30.3 Å². The molecule has 0 radical (unpaired) electrons. The van der Waals surface area contributed by atoms with Gasteiger partial charge in [-0.15, -0.1) is 0 Å². The van der Waals surface area contributed by atoms with Gasteiger partial charge in [0.05, 0.1) is 30.5 Å². The Hall–Kier alpha value is -3.48. The summed E-state index contributed by atoms with van der Waals surface area (Å²) in [6, 6.07) is 6.54. The van der Waals surface area contributed by atoms with Crippen LogP contribution < -0.4 is 16.8 Å². The molecule has 3 atom stereocenters. The molecule has 1 aliphatic carbocycles. The third kappa shape index (κ3) is 4.59. The number of aromatic nitrogens is 4. The lowest BCUT2D eigenvalue weighted by molar-refractivity contribution is -0.135. The molecule has 11 nitrogen and oxygen atoms in total. The third-order valence-electron chi connectivity index (χ3n) is 6.74. The molecule has 12 heteroatoms. The van der Waals surface area contributed by atoms with Crippen LogP contribution in [0.1, 0.15) is 29.8 Å². The van der Waals surface area contributed by atoms with Crippen molar-refractivity contribution in [3.8, 4) is 11.1 Å². The summed E-state index contributed by atoms with van der Waals surface area (Å²) < 4.78 is 15.7. The number of benzene rings is 1. The molecule has 6 N–H and O–H groups in total. The maximum atomic E-state index is 14.3. The minimum absolute atomic E-state index is 0.0287. The first kappa shape index (κ1) is 23.3. The number of likely N-dealkylation sites (tertiary alicyclic amines) is 1. The summed E-state index contributed by atoms with van der Waals surface area (Å²) in [6.45, 7) is -0.350. The first-order valence-electron chi connectivity index (χ1n) is 11.5. The number of nitrogens with one attached hydrogen (secondary N) is 1. The van der Waals surface area contributed by atoms with Gasteiger partial charge in [-0.1, -0.05) is 6.07 Å². The van der Waals surface area contributed by atoms with E-state index in [1.165, 1.54) is 9.58 Å². The third-order valence-corrected chi connectivity index (χ3v) is 6.74. The number of halogens is 1. The van der Waals surface area contributed by atoms with Gasteiger partial charge in [0.15, 0.2) is 5.69 Å². The molecule has 184 valence electrons. The van der Waals surface area contributed by atoms with Crippen molar-refractivity contribution < 1.29 is 19.1 Å². The van der Waals surface area contributed by atoms with E-state index in [0.29, 0.717) is 10.9 Å². The molecular weight excluding hydrogens is 455 g/mol. The number of hydrogen-bond acceptors (Lipinski definition) is 8. The van der Waals surface area contributed by atoms with Crippen LogP contribution in [0, 0.1) is 0 Å². The van der Waals surface area contributed by atoms with Gasteiger partial charge in [-0.05, 0) is 36.6 Å². The molecule has 0 spiro atoms. The number of aliphatic hydroxyl groups excluding tert-OH is 1. The van der Waals surface area contributed by atoms with Crippen LogP contribution in [-0.4, -0.2) is 78.9 Å². The Morgan fingerprint density at radius 3 is 2.69 bits per heavy atom. The van der Waals surface area contributed by atoms with Crippen molar-refractivity contribution in [3.05, 3.63) is 42.4 Å². The molecule has 5 rings (SSSR count). The number of primary amides is 1. The van der Waals surface area contributed by atoms with Gasteiger partial charge >= 0.3 is 0 Å². The molecule has 1 saturated carbocycles. The standard InChI is InChI=1S/C23H27FN8O3/c24-14-6-19(23(35)29-16-7-15(25)8-16)31(10-14)20(33)11-32-18-2-1-12(13-3-4-27-28-9-13)5-17(18)21(30-32)22(26)34/h1-5,9,14-16,19,23,29,35H,6-8,10-11,25H2,(H2,26,34). The maximum absolute atomic E-state index is 14.3. The summed E-state index contributed by atoms with van der Waals surface area (Å²) in [5, 5.41) is 26.1. The van der Waals surface area contributed by atoms with Gasteiger partial charge in [-0.2, -0.15) is 15.3 Å². The minimum atomic E-state index is -1.24. The Kier molecular flexibility index (Phi) is 6.17. The lowest BCUT2D eigenvalue weighted by Crippen LogP contribution is -2.57. The number of alkyl halides is 1. The van der Waals surface area contributed by atoms with Crippen molar-refractivity contribution in [2.75, 3.05) is 6.54 Å². The van der Waals surface area contributed by atoms with Crippen LogP contribution in [0.3, 0.4) is 0 Å². The highest BCUT2D eigenvalue weighted by molar-refractivity contribution is 6.05. The maximum Gasteiger partial charge on any atom is 0.269 e. The summed E-state index contributed by atoms with van der Waals surface area (Å²) in [7, 11) is 0. The molecule has 2 fully saturated rings. The van der Waals surface area contributed by atoms with Gasteiger partial charge in [0.1, 0.15) is 18.9 Å². The Morgan fingerprint density at radius 2 is 2.00 bits per heavy atom. The molecule has 2 aliphatic rings. The molecule has 1 saturated heterocycles. The second-order valence-corrected chi connectivity index (χ2v) is 9.22. The van der Waals surface area contributed by atoms with Crippen molar-refractivity contribution in [1.82, 2.24) is 30.2 Å². The number of hydrogen-bond donors (Lipinski definition) is 4. The highest BCUT2D eigenvalue weighted by Crippen LogP contribution is 2.28. The molecule has 1 aliphatic heterocycles. The van der Waals surface area contributed by atoms with Crippen LogP contribution in [0.15, 0.2) is 36.7 Å². The zero-order chi connectivity index (χ0) is 24.7. The van der Waals surface area contributed by atoms with Crippen LogP contribution in [-0.2, 0) is 11.3 Å². The van der Waals surface area contributed by atoms with Crippen LogP contribution in [0.2, 0.25) is 0 Å². The van der Waals surface area contributed by atoms with Crippen molar-refractivity contribution >= 4 is 22.7 Å². The molecule has 1 aromatic carbocycles. The van der Waals surface area contributed by atoms with Gasteiger partial charge in [0.2, 0.25) is 5.91 Å². The van der Waals surface area contributed by atoms with Gasteiger partial charge in [-0.3, -0.25) is 19.6 Å². The molecule has 3 unspecified atom stereocenters. The van der Waals surface area contributed by atoms with E-state index in [1.54, 1.807) is 30.6 Å². The molecule has 3 heterocycles. The monoisotopic (exact) mass is 482 g/mol. The molecule has 2 amide bonds. The fourth-order valence-electron chi connectivity index (χ4n) is 4.89. The minimum Gasteiger partial charge on any atom is -0.376 e. The van der Waals surface area contributed by atoms with Gasteiger partial charge < -0.3 is 21.5 Å². The summed E-state index contributed by atoms with van der Waals surface area (Å²) in [5.74, 6) is -1.14. The predicted molar refractivity (Wildman–Crippen MR) is 124 cm³/mol. The first-order chi connectivity index (χ1) is 16.8.